The molecule has 1 saturated carbocycles. The first-order chi connectivity index (χ1) is 7.20. The van der Waals surface area contributed by atoms with E-state index in [1.807, 2.05) is 18.2 Å². The molecule has 0 aromatic heterocycles. The number of benzene rings is 1. The highest BCUT2D eigenvalue weighted by Gasteiger charge is 2.35. The average Bonchev–Trinajstić information content (AvgIpc) is 2.12. The van der Waals surface area contributed by atoms with E-state index >= 15 is 0 Å². The smallest absolute Gasteiger partial charge is 0.210 e. The van der Waals surface area contributed by atoms with Gasteiger partial charge >= 0.3 is 0 Å². The van der Waals surface area contributed by atoms with Gasteiger partial charge in [-0.3, -0.25) is 0 Å². The van der Waals surface area contributed by atoms with Crippen LogP contribution in [0.2, 0.25) is 0 Å². The first-order valence-corrected chi connectivity index (χ1v) is 6.02. The van der Waals surface area contributed by atoms with Crippen LogP contribution >= 0.6 is 15.9 Å². The summed E-state index contributed by atoms with van der Waals surface area (Å²) in [6, 6.07) is 7.33. The van der Waals surface area contributed by atoms with E-state index in [2.05, 4.69) is 15.9 Å². The fraction of sp³-hybridized carbons (Fsp3) is 0.500. The average molecular weight is 275 g/mol. The Bertz CT molecular complexity index is 334. The zero-order valence-corrected chi connectivity index (χ0v) is 9.88. The van der Waals surface area contributed by atoms with Crippen molar-refractivity contribution in [2.24, 2.45) is 5.92 Å². The maximum atomic E-state index is 13.0. The van der Waals surface area contributed by atoms with Crippen molar-refractivity contribution in [1.29, 1.82) is 0 Å². The molecule has 0 bridgehead atoms. The van der Waals surface area contributed by atoms with Crippen molar-refractivity contribution < 1.29 is 8.78 Å². The number of hydrogen-bond donors (Lipinski definition) is 0. The van der Waals surface area contributed by atoms with Crippen LogP contribution in [0.15, 0.2) is 28.7 Å². The second-order valence-electron chi connectivity index (χ2n) is 4.07. The van der Waals surface area contributed by atoms with Gasteiger partial charge in [-0.2, -0.15) is 0 Å². The van der Waals surface area contributed by atoms with Crippen LogP contribution in [0.1, 0.15) is 30.7 Å². The van der Waals surface area contributed by atoms with Gasteiger partial charge in [0.25, 0.3) is 0 Å². The molecule has 1 unspecified atom stereocenters. The van der Waals surface area contributed by atoms with Gasteiger partial charge < -0.3 is 0 Å². The Hall–Kier alpha value is -0.440. The van der Waals surface area contributed by atoms with Crippen molar-refractivity contribution in [3.63, 3.8) is 0 Å². The predicted octanol–water partition coefficient (Wildman–Crippen LogP) is 4.60. The highest BCUT2D eigenvalue weighted by Crippen LogP contribution is 2.44. The van der Waals surface area contributed by atoms with Crippen LogP contribution in [0.25, 0.3) is 0 Å². The third-order valence-electron chi connectivity index (χ3n) is 3.19. The van der Waals surface area contributed by atoms with E-state index in [0.717, 1.165) is 29.3 Å². The van der Waals surface area contributed by atoms with E-state index < -0.39 is 12.3 Å². The van der Waals surface area contributed by atoms with Gasteiger partial charge in [0.15, 0.2) is 0 Å². The van der Waals surface area contributed by atoms with E-state index in [-0.39, 0.29) is 5.92 Å². The maximum Gasteiger partial charge on any atom is 0.245 e. The minimum Gasteiger partial charge on any atom is -0.210 e. The zero-order valence-electron chi connectivity index (χ0n) is 8.30. The van der Waals surface area contributed by atoms with Crippen molar-refractivity contribution >= 4 is 15.9 Å². The molecule has 1 aromatic carbocycles. The highest BCUT2D eigenvalue weighted by atomic mass is 79.9. The van der Waals surface area contributed by atoms with Gasteiger partial charge in [0.2, 0.25) is 6.43 Å². The summed E-state index contributed by atoms with van der Waals surface area (Å²) in [5.41, 5.74) is 0.761. The molecule has 0 heterocycles. The largest absolute Gasteiger partial charge is 0.245 e. The standard InChI is InChI=1S/C12H13BrF2/c13-10-7-2-1-6-9(10)11(12(14)15)8-4-3-5-8/h1-2,6-8,11-12H,3-5H2. The van der Waals surface area contributed by atoms with Crippen LogP contribution in [-0.2, 0) is 0 Å². The Labute approximate surface area is 96.8 Å². The summed E-state index contributed by atoms with van der Waals surface area (Å²) in [5.74, 6) is -0.418. The first-order valence-electron chi connectivity index (χ1n) is 5.22. The summed E-state index contributed by atoms with van der Waals surface area (Å²) >= 11 is 3.35. The van der Waals surface area contributed by atoms with Crippen molar-refractivity contribution in [2.45, 2.75) is 31.6 Å². The van der Waals surface area contributed by atoms with Gasteiger partial charge in [-0.15, -0.1) is 0 Å². The maximum absolute atomic E-state index is 13.0. The molecule has 82 valence electrons. The Morgan fingerprint density at radius 3 is 2.33 bits per heavy atom. The minimum atomic E-state index is -2.26. The topological polar surface area (TPSA) is 0 Å². The van der Waals surface area contributed by atoms with Crippen molar-refractivity contribution in [3.8, 4) is 0 Å². The Morgan fingerprint density at radius 2 is 1.87 bits per heavy atom. The monoisotopic (exact) mass is 274 g/mol. The molecule has 0 spiro atoms. The third-order valence-corrected chi connectivity index (χ3v) is 3.92. The van der Waals surface area contributed by atoms with Gasteiger partial charge in [0.05, 0.1) is 0 Å². The molecule has 0 aliphatic heterocycles. The van der Waals surface area contributed by atoms with Crippen LogP contribution in [0, 0.1) is 5.92 Å². The lowest BCUT2D eigenvalue weighted by molar-refractivity contribution is 0.0614. The molecule has 1 aliphatic carbocycles. The summed E-state index contributed by atoms with van der Waals surface area (Å²) in [6.07, 6.45) is 0.722. The molecule has 1 aromatic rings. The fourth-order valence-electron chi connectivity index (χ4n) is 2.14. The SMILES string of the molecule is FC(F)C(c1ccccc1Br)C1CCC1. The lowest BCUT2D eigenvalue weighted by atomic mass is 9.73. The normalized spacial score (nSPS) is 18.9. The second kappa shape index (κ2) is 4.60. The molecular formula is C12H13BrF2. The van der Waals surface area contributed by atoms with Gasteiger partial charge in [0, 0.05) is 10.4 Å². The molecule has 0 saturated heterocycles. The molecule has 15 heavy (non-hydrogen) atoms. The Morgan fingerprint density at radius 1 is 1.20 bits per heavy atom. The first kappa shape index (κ1) is 11.1. The number of hydrogen-bond acceptors (Lipinski definition) is 0. The lowest BCUT2D eigenvalue weighted by Gasteiger charge is -2.34. The quantitative estimate of drug-likeness (QED) is 0.756. The second-order valence-corrected chi connectivity index (χ2v) is 4.93. The van der Waals surface area contributed by atoms with Gasteiger partial charge in [-0.05, 0) is 30.4 Å². The van der Waals surface area contributed by atoms with Crippen LogP contribution in [0.3, 0.4) is 0 Å². The molecule has 1 aliphatic rings. The molecule has 0 N–H and O–H groups in total. The predicted molar refractivity (Wildman–Crippen MR) is 60.2 cm³/mol. The molecule has 1 fully saturated rings. The van der Waals surface area contributed by atoms with Crippen LogP contribution in [0.4, 0.5) is 8.78 Å². The molecule has 0 radical (unpaired) electrons. The minimum absolute atomic E-state index is 0.170. The van der Waals surface area contributed by atoms with Crippen LogP contribution in [-0.4, -0.2) is 6.43 Å². The van der Waals surface area contributed by atoms with E-state index in [4.69, 9.17) is 0 Å². The van der Waals surface area contributed by atoms with Crippen molar-refractivity contribution in [3.05, 3.63) is 34.3 Å². The lowest BCUT2D eigenvalue weighted by Crippen LogP contribution is -2.26. The van der Waals surface area contributed by atoms with Crippen LogP contribution < -0.4 is 0 Å². The number of halogens is 3. The van der Waals surface area contributed by atoms with E-state index in [1.54, 1.807) is 6.07 Å². The van der Waals surface area contributed by atoms with Gasteiger partial charge in [-0.1, -0.05) is 40.5 Å². The molecule has 0 amide bonds. The van der Waals surface area contributed by atoms with Gasteiger partial charge in [-0.25, -0.2) is 8.78 Å². The summed E-state index contributed by atoms with van der Waals surface area (Å²) in [4.78, 5) is 0. The molecule has 0 nitrogen and oxygen atoms in total. The third kappa shape index (κ3) is 2.22. The van der Waals surface area contributed by atoms with Crippen molar-refractivity contribution in [1.82, 2.24) is 0 Å². The summed E-state index contributed by atoms with van der Waals surface area (Å²) in [6.45, 7) is 0. The highest BCUT2D eigenvalue weighted by molar-refractivity contribution is 9.10. The molecule has 3 heteroatoms. The van der Waals surface area contributed by atoms with Crippen molar-refractivity contribution in [2.75, 3.05) is 0 Å². The Kier molecular flexibility index (Phi) is 3.39. The summed E-state index contributed by atoms with van der Waals surface area (Å²) < 4.78 is 26.8. The molecule has 2 rings (SSSR count). The van der Waals surface area contributed by atoms with E-state index in [0.29, 0.717) is 0 Å². The van der Waals surface area contributed by atoms with E-state index in [1.165, 1.54) is 0 Å². The summed E-state index contributed by atoms with van der Waals surface area (Å²) in [7, 11) is 0. The van der Waals surface area contributed by atoms with E-state index in [9.17, 15) is 8.78 Å². The number of alkyl halides is 2. The molecular weight excluding hydrogens is 262 g/mol. The van der Waals surface area contributed by atoms with Gasteiger partial charge in [0.1, 0.15) is 0 Å². The van der Waals surface area contributed by atoms with Crippen LogP contribution in [0.5, 0.6) is 0 Å². The summed E-state index contributed by atoms with van der Waals surface area (Å²) in [5, 5.41) is 0. The zero-order chi connectivity index (χ0) is 10.8. The molecule has 1 atom stereocenters. The number of rotatable bonds is 3. The Balaban J connectivity index is 2.27. The fourth-order valence-corrected chi connectivity index (χ4v) is 2.69.